The van der Waals surface area contributed by atoms with Crippen LogP contribution in [0.25, 0.3) is 16.6 Å². The van der Waals surface area contributed by atoms with Gasteiger partial charge in [0.15, 0.2) is 0 Å². The molecule has 0 spiro atoms. The Hall–Kier alpha value is -3.13. The molecule has 0 unspecified atom stereocenters. The standard InChI is InChI=1S/C17H19N5O2.C5H13N/c1-12(2-4-18)13-10-20-17-16(13)14(3-5-19-17)22-7-6-21(8-9-23)15(24)11-22;1-5(2)4-6-3/h2-5,9-10H,1,6-8,11,18H2,(H,19,20);5-6H,4H2,1-3H3/b4-2-;. The lowest BCUT2D eigenvalue weighted by Crippen LogP contribution is -2.51. The topological polar surface area (TPSA) is 107 Å². The molecule has 2 aromatic heterocycles. The van der Waals surface area contributed by atoms with E-state index < -0.39 is 0 Å². The van der Waals surface area contributed by atoms with Crippen LogP contribution in [-0.2, 0) is 9.59 Å². The van der Waals surface area contributed by atoms with Gasteiger partial charge in [0.1, 0.15) is 11.9 Å². The fourth-order valence-electron chi connectivity index (χ4n) is 3.37. The molecule has 1 fully saturated rings. The van der Waals surface area contributed by atoms with E-state index >= 15 is 0 Å². The van der Waals surface area contributed by atoms with Crippen molar-refractivity contribution in [3.63, 3.8) is 0 Å². The van der Waals surface area contributed by atoms with Gasteiger partial charge in [-0.3, -0.25) is 4.79 Å². The smallest absolute Gasteiger partial charge is 0.242 e. The zero-order valence-electron chi connectivity index (χ0n) is 18.0. The van der Waals surface area contributed by atoms with E-state index in [4.69, 9.17) is 5.73 Å². The maximum absolute atomic E-state index is 12.2. The molecule has 0 aliphatic carbocycles. The number of fused-ring (bicyclic) bond motifs is 1. The van der Waals surface area contributed by atoms with Crippen LogP contribution in [0.4, 0.5) is 5.69 Å². The largest absolute Gasteiger partial charge is 0.405 e. The van der Waals surface area contributed by atoms with E-state index in [0.29, 0.717) is 13.1 Å². The fraction of sp³-hybridized carbons (Fsp3) is 0.409. The summed E-state index contributed by atoms with van der Waals surface area (Å²) in [4.78, 5) is 33.9. The SMILES string of the molecule is C=C(/C=C\N)c1c[nH]c2nccc(N3CCN(CC=O)C(=O)C3)c12.CNCC(C)C. The number of hydrogen-bond acceptors (Lipinski definition) is 6. The lowest BCUT2D eigenvalue weighted by atomic mass is 10.1. The average molecular weight is 413 g/mol. The number of nitrogens with two attached hydrogens (primary N) is 1. The summed E-state index contributed by atoms with van der Waals surface area (Å²) < 4.78 is 0. The fourth-order valence-corrected chi connectivity index (χ4v) is 3.37. The third-order valence-corrected chi connectivity index (χ3v) is 4.76. The Morgan fingerprint density at radius 1 is 1.43 bits per heavy atom. The van der Waals surface area contributed by atoms with Gasteiger partial charge in [0.25, 0.3) is 0 Å². The van der Waals surface area contributed by atoms with Crippen molar-refractivity contribution in [1.29, 1.82) is 0 Å². The average Bonchev–Trinajstić information content (AvgIpc) is 3.15. The third-order valence-electron chi connectivity index (χ3n) is 4.76. The monoisotopic (exact) mass is 412 g/mol. The molecule has 1 aliphatic rings. The minimum Gasteiger partial charge on any atom is -0.405 e. The van der Waals surface area contributed by atoms with E-state index in [9.17, 15) is 9.59 Å². The van der Waals surface area contributed by atoms with Crippen LogP contribution in [0.1, 0.15) is 19.4 Å². The number of amides is 1. The number of H-pyrrole nitrogens is 1. The summed E-state index contributed by atoms with van der Waals surface area (Å²) in [5.41, 5.74) is 8.79. The summed E-state index contributed by atoms with van der Waals surface area (Å²) in [5, 5.41) is 3.98. The van der Waals surface area contributed by atoms with Crippen LogP contribution < -0.4 is 16.0 Å². The van der Waals surface area contributed by atoms with Gasteiger partial charge in [-0.1, -0.05) is 20.4 Å². The third kappa shape index (κ3) is 5.70. The van der Waals surface area contributed by atoms with Crippen LogP contribution in [0.15, 0.2) is 37.3 Å². The highest BCUT2D eigenvalue weighted by Gasteiger charge is 2.25. The van der Waals surface area contributed by atoms with Crippen molar-refractivity contribution < 1.29 is 9.59 Å². The number of piperazine rings is 1. The second-order valence-corrected chi connectivity index (χ2v) is 7.52. The van der Waals surface area contributed by atoms with Crippen molar-refractivity contribution in [3.8, 4) is 0 Å². The first kappa shape index (κ1) is 23.2. The molecule has 2 aromatic rings. The molecule has 30 heavy (non-hydrogen) atoms. The van der Waals surface area contributed by atoms with Crippen molar-refractivity contribution >= 4 is 34.5 Å². The van der Waals surface area contributed by atoms with E-state index in [1.54, 1.807) is 17.2 Å². The van der Waals surface area contributed by atoms with Gasteiger partial charge in [-0.25, -0.2) is 4.98 Å². The van der Waals surface area contributed by atoms with Crippen LogP contribution in [0.2, 0.25) is 0 Å². The molecule has 3 heterocycles. The van der Waals surface area contributed by atoms with Crippen molar-refractivity contribution in [2.24, 2.45) is 11.7 Å². The number of aldehydes is 1. The highest BCUT2D eigenvalue weighted by atomic mass is 16.2. The van der Waals surface area contributed by atoms with E-state index in [0.717, 1.165) is 46.6 Å². The van der Waals surface area contributed by atoms with Crippen LogP contribution in [-0.4, -0.2) is 66.8 Å². The molecule has 8 nitrogen and oxygen atoms in total. The first-order valence-corrected chi connectivity index (χ1v) is 10.1. The van der Waals surface area contributed by atoms with Crippen LogP contribution >= 0.6 is 0 Å². The summed E-state index contributed by atoms with van der Waals surface area (Å²) in [7, 11) is 1.97. The number of nitrogens with one attached hydrogen (secondary N) is 2. The molecule has 8 heteroatoms. The van der Waals surface area contributed by atoms with Crippen LogP contribution in [0, 0.1) is 5.92 Å². The van der Waals surface area contributed by atoms with Crippen molar-refractivity contribution in [2.45, 2.75) is 13.8 Å². The number of allylic oxidation sites excluding steroid dienone is 2. The molecular weight excluding hydrogens is 380 g/mol. The number of rotatable bonds is 7. The Balaban J connectivity index is 0.000000469. The Bertz CT molecular complexity index is 902. The lowest BCUT2D eigenvalue weighted by Gasteiger charge is -2.35. The first-order chi connectivity index (χ1) is 14.4. The van der Waals surface area contributed by atoms with Gasteiger partial charge in [0.05, 0.1) is 18.8 Å². The molecule has 4 N–H and O–H groups in total. The normalized spacial score (nSPS) is 14.3. The Labute approximate surface area is 177 Å². The van der Waals surface area contributed by atoms with E-state index in [1.807, 2.05) is 24.2 Å². The van der Waals surface area contributed by atoms with E-state index in [-0.39, 0.29) is 19.0 Å². The van der Waals surface area contributed by atoms with Crippen molar-refractivity contribution in [1.82, 2.24) is 20.2 Å². The summed E-state index contributed by atoms with van der Waals surface area (Å²) in [6.45, 7) is 11.1. The van der Waals surface area contributed by atoms with Gasteiger partial charge in [-0.15, -0.1) is 0 Å². The minimum atomic E-state index is -0.0592. The number of aromatic amines is 1. The van der Waals surface area contributed by atoms with Gasteiger partial charge >= 0.3 is 0 Å². The van der Waals surface area contributed by atoms with Crippen LogP contribution in [0.3, 0.4) is 0 Å². The summed E-state index contributed by atoms with van der Waals surface area (Å²) in [5.74, 6) is 0.728. The molecule has 0 atom stereocenters. The minimum absolute atomic E-state index is 0.0592. The predicted octanol–water partition coefficient (Wildman–Crippen LogP) is 1.76. The summed E-state index contributed by atoms with van der Waals surface area (Å²) >= 11 is 0. The van der Waals surface area contributed by atoms with E-state index in [2.05, 4.69) is 35.7 Å². The zero-order valence-corrected chi connectivity index (χ0v) is 18.0. The highest BCUT2D eigenvalue weighted by molar-refractivity contribution is 6.02. The van der Waals surface area contributed by atoms with E-state index in [1.165, 1.54) is 6.20 Å². The number of carbonyl (C=O) groups is 2. The molecule has 1 amide bonds. The number of carbonyl (C=O) groups excluding carboxylic acids is 2. The maximum Gasteiger partial charge on any atom is 0.242 e. The Kier molecular flexibility index (Phi) is 8.61. The number of anilines is 1. The van der Waals surface area contributed by atoms with Gasteiger partial charge < -0.3 is 30.6 Å². The molecule has 3 rings (SSSR count). The maximum atomic E-state index is 12.2. The molecule has 1 saturated heterocycles. The Morgan fingerprint density at radius 2 is 2.20 bits per heavy atom. The predicted molar refractivity (Wildman–Crippen MR) is 122 cm³/mol. The van der Waals surface area contributed by atoms with Gasteiger partial charge in [-0.05, 0) is 43.4 Å². The van der Waals surface area contributed by atoms with Crippen LogP contribution in [0.5, 0.6) is 0 Å². The summed E-state index contributed by atoms with van der Waals surface area (Å²) in [6.07, 6.45) is 7.48. The van der Waals surface area contributed by atoms with Gasteiger partial charge in [-0.2, -0.15) is 0 Å². The van der Waals surface area contributed by atoms with Crippen molar-refractivity contribution in [2.75, 3.05) is 44.7 Å². The van der Waals surface area contributed by atoms with Crippen molar-refractivity contribution in [3.05, 3.63) is 42.9 Å². The molecule has 162 valence electrons. The second kappa shape index (κ2) is 11.2. The number of nitrogens with zero attached hydrogens (tertiary/aromatic N) is 3. The zero-order chi connectivity index (χ0) is 22.1. The number of aromatic nitrogens is 2. The molecular formula is C22H32N6O2. The summed E-state index contributed by atoms with van der Waals surface area (Å²) in [6, 6.07) is 1.89. The van der Waals surface area contributed by atoms with Gasteiger partial charge in [0.2, 0.25) is 5.91 Å². The molecule has 0 saturated carbocycles. The first-order valence-electron chi connectivity index (χ1n) is 10.1. The Morgan fingerprint density at radius 3 is 2.77 bits per heavy atom. The quantitative estimate of drug-likeness (QED) is 0.472. The number of hydrogen-bond donors (Lipinski definition) is 3. The lowest BCUT2D eigenvalue weighted by molar-refractivity contribution is -0.132. The second-order valence-electron chi connectivity index (χ2n) is 7.52. The molecule has 0 radical (unpaired) electrons. The highest BCUT2D eigenvalue weighted by Crippen LogP contribution is 2.32. The number of pyridine rings is 1. The molecule has 0 aromatic carbocycles. The molecule has 1 aliphatic heterocycles. The van der Waals surface area contributed by atoms with Gasteiger partial charge in [0, 0.05) is 36.4 Å². The molecule has 0 bridgehead atoms.